The molecule has 16 nitrogen and oxygen atoms in total. The fourth-order valence-corrected chi connectivity index (χ4v) is 3.47. The topological polar surface area (TPSA) is 290 Å². The molecule has 220 valence electrons. The van der Waals surface area contributed by atoms with E-state index in [1.54, 1.807) is 30.3 Å². The molecule has 0 spiro atoms. The van der Waals surface area contributed by atoms with Crippen LogP contribution in [0.2, 0.25) is 0 Å². The number of carboxylic acid groups (broad SMARTS) is 3. The number of hydrogen-bond acceptors (Lipinski definition) is 8. The largest absolute Gasteiger partial charge is 0.481 e. The van der Waals surface area contributed by atoms with Gasteiger partial charge in [0.2, 0.25) is 17.7 Å². The van der Waals surface area contributed by atoms with E-state index < -0.39 is 79.1 Å². The van der Waals surface area contributed by atoms with Gasteiger partial charge in [-0.3, -0.25) is 29.0 Å². The second kappa shape index (κ2) is 17.0. The zero-order valence-corrected chi connectivity index (χ0v) is 21.6. The lowest BCUT2D eigenvalue weighted by atomic mass is 10.0. The van der Waals surface area contributed by atoms with Gasteiger partial charge in [0, 0.05) is 13.0 Å². The fourth-order valence-electron chi connectivity index (χ4n) is 3.47. The lowest BCUT2D eigenvalue weighted by Gasteiger charge is -2.24. The summed E-state index contributed by atoms with van der Waals surface area (Å²) in [5.41, 5.74) is 17.1. The van der Waals surface area contributed by atoms with Crippen molar-refractivity contribution in [3.05, 3.63) is 35.9 Å². The van der Waals surface area contributed by atoms with Crippen LogP contribution in [0.15, 0.2) is 35.3 Å². The molecule has 0 saturated heterocycles. The number of benzene rings is 1. The maximum Gasteiger partial charge on any atom is 0.326 e. The van der Waals surface area contributed by atoms with Crippen LogP contribution in [0, 0.1) is 0 Å². The maximum absolute atomic E-state index is 12.9. The van der Waals surface area contributed by atoms with E-state index in [0.29, 0.717) is 0 Å². The highest BCUT2D eigenvalue weighted by Gasteiger charge is 2.31. The number of nitrogens with zero attached hydrogens (tertiary/aromatic N) is 1. The molecule has 0 heterocycles. The highest BCUT2D eigenvalue weighted by molar-refractivity contribution is 5.95. The molecule has 0 aliphatic rings. The Morgan fingerprint density at radius 1 is 0.775 bits per heavy atom. The number of aliphatic imine (C=N–C) groups is 1. The van der Waals surface area contributed by atoms with Gasteiger partial charge in [0.05, 0.1) is 12.5 Å². The number of aliphatic carboxylic acids is 3. The minimum atomic E-state index is -1.66. The number of rotatable bonds is 18. The number of carbonyl (C=O) groups is 6. The number of guanidine groups is 1. The summed E-state index contributed by atoms with van der Waals surface area (Å²) in [6, 6.07) is 2.92. The molecule has 0 aliphatic heterocycles. The smallest absolute Gasteiger partial charge is 0.326 e. The number of nitrogens with two attached hydrogens (primary N) is 3. The number of hydrogen-bond donors (Lipinski definition) is 9. The van der Waals surface area contributed by atoms with E-state index in [9.17, 15) is 39.0 Å². The van der Waals surface area contributed by atoms with E-state index in [1.807, 2.05) is 0 Å². The quantitative estimate of drug-likeness (QED) is 0.0506. The summed E-state index contributed by atoms with van der Waals surface area (Å²) in [6.45, 7) is 0.0874. The summed E-state index contributed by atoms with van der Waals surface area (Å²) in [5.74, 6) is -7.31. The van der Waals surface area contributed by atoms with Crippen LogP contribution in [0.25, 0.3) is 0 Å². The summed E-state index contributed by atoms with van der Waals surface area (Å²) in [7, 11) is 0. The zero-order valence-electron chi connectivity index (χ0n) is 21.6. The first-order valence-corrected chi connectivity index (χ1v) is 12.2. The summed E-state index contributed by atoms with van der Waals surface area (Å²) in [5, 5.41) is 34.4. The van der Waals surface area contributed by atoms with Crippen molar-refractivity contribution in [2.75, 3.05) is 6.54 Å². The van der Waals surface area contributed by atoms with E-state index in [0.717, 1.165) is 5.56 Å². The summed E-state index contributed by atoms with van der Waals surface area (Å²) >= 11 is 0. The fraction of sp³-hybridized carbons (Fsp3) is 0.458. The number of carbonyl (C=O) groups excluding carboxylic acids is 3. The Kier molecular flexibility index (Phi) is 14.1. The van der Waals surface area contributed by atoms with E-state index >= 15 is 0 Å². The minimum absolute atomic E-state index is 0.0874. The first-order chi connectivity index (χ1) is 18.8. The molecule has 0 fully saturated rings. The highest BCUT2D eigenvalue weighted by Crippen LogP contribution is 2.06. The van der Waals surface area contributed by atoms with Gasteiger partial charge in [-0.05, 0) is 31.2 Å². The molecular formula is C24H35N7O9. The molecule has 16 heteroatoms. The monoisotopic (exact) mass is 565 g/mol. The molecule has 0 radical (unpaired) electrons. The Morgan fingerprint density at radius 3 is 1.90 bits per heavy atom. The third-order valence-corrected chi connectivity index (χ3v) is 5.49. The standard InChI is InChI=1S/C24H35N7O9/c25-14(11-13-5-2-1-3-6-13)20(36)31-17(12-19(34)35)22(38)29-15(8-9-18(32)33)21(37)30-16(23(39)40)7-4-10-28-24(26)27/h1-3,5-6,14-17H,4,7-12,25H2,(H,29,38)(H,30,37)(H,31,36)(H,32,33)(H,34,35)(H,39,40)(H4,26,27,28). The average molecular weight is 566 g/mol. The van der Waals surface area contributed by atoms with Crippen molar-refractivity contribution in [1.29, 1.82) is 0 Å². The molecule has 40 heavy (non-hydrogen) atoms. The van der Waals surface area contributed by atoms with Crippen LogP contribution >= 0.6 is 0 Å². The molecular weight excluding hydrogens is 530 g/mol. The van der Waals surface area contributed by atoms with Crippen LogP contribution in [-0.4, -0.2) is 87.6 Å². The molecule has 4 atom stereocenters. The van der Waals surface area contributed by atoms with Gasteiger partial charge < -0.3 is 48.5 Å². The zero-order chi connectivity index (χ0) is 30.2. The SMILES string of the molecule is NC(N)=NCCCC(NC(=O)C(CCC(=O)O)NC(=O)C(CC(=O)O)NC(=O)C(N)Cc1ccccc1)C(=O)O. The Hall–Kier alpha value is -4.73. The van der Waals surface area contributed by atoms with Gasteiger partial charge in [0.25, 0.3) is 0 Å². The van der Waals surface area contributed by atoms with E-state index in [2.05, 4.69) is 20.9 Å². The van der Waals surface area contributed by atoms with Crippen LogP contribution < -0.4 is 33.2 Å². The molecule has 3 amide bonds. The Bertz CT molecular complexity index is 1080. The lowest BCUT2D eigenvalue weighted by Crippen LogP contribution is -2.57. The summed E-state index contributed by atoms with van der Waals surface area (Å²) < 4.78 is 0. The molecule has 0 saturated carbocycles. The molecule has 12 N–H and O–H groups in total. The summed E-state index contributed by atoms with van der Waals surface area (Å²) in [6.07, 6.45) is -1.72. The van der Waals surface area contributed by atoms with Crippen molar-refractivity contribution < 1.29 is 44.1 Å². The number of carboxylic acids is 3. The van der Waals surface area contributed by atoms with Crippen molar-refractivity contribution >= 4 is 41.6 Å². The Labute approximate surface area is 229 Å². The Balaban J connectivity index is 2.98. The van der Waals surface area contributed by atoms with E-state index in [1.165, 1.54) is 0 Å². The van der Waals surface area contributed by atoms with Crippen molar-refractivity contribution in [1.82, 2.24) is 16.0 Å². The summed E-state index contributed by atoms with van der Waals surface area (Å²) in [4.78, 5) is 76.2. The van der Waals surface area contributed by atoms with E-state index in [-0.39, 0.29) is 31.8 Å². The average Bonchev–Trinajstić information content (AvgIpc) is 2.87. The number of amides is 3. The molecule has 4 unspecified atom stereocenters. The van der Waals surface area contributed by atoms with E-state index in [4.69, 9.17) is 22.3 Å². The van der Waals surface area contributed by atoms with Gasteiger partial charge in [-0.1, -0.05) is 30.3 Å². The van der Waals surface area contributed by atoms with Gasteiger partial charge in [0.1, 0.15) is 18.1 Å². The van der Waals surface area contributed by atoms with Crippen molar-refractivity contribution in [3.8, 4) is 0 Å². The minimum Gasteiger partial charge on any atom is -0.481 e. The Morgan fingerprint density at radius 2 is 1.35 bits per heavy atom. The van der Waals surface area contributed by atoms with Gasteiger partial charge in [-0.25, -0.2) is 4.79 Å². The van der Waals surface area contributed by atoms with Crippen LogP contribution in [0.3, 0.4) is 0 Å². The van der Waals surface area contributed by atoms with Crippen molar-refractivity contribution in [2.45, 2.75) is 62.7 Å². The molecule has 0 aliphatic carbocycles. The van der Waals surface area contributed by atoms with Crippen LogP contribution in [0.4, 0.5) is 0 Å². The van der Waals surface area contributed by atoms with Gasteiger partial charge in [-0.2, -0.15) is 0 Å². The van der Waals surface area contributed by atoms with Crippen molar-refractivity contribution in [2.24, 2.45) is 22.2 Å². The van der Waals surface area contributed by atoms with Gasteiger partial charge >= 0.3 is 17.9 Å². The third kappa shape index (κ3) is 13.2. The van der Waals surface area contributed by atoms with Crippen molar-refractivity contribution in [3.63, 3.8) is 0 Å². The molecule has 1 rings (SSSR count). The van der Waals surface area contributed by atoms with Gasteiger partial charge in [-0.15, -0.1) is 0 Å². The number of nitrogens with one attached hydrogen (secondary N) is 3. The predicted octanol–water partition coefficient (Wildman–Crippen LogP) is -2.51. The van der Waals surface area contributed by atoms with Crippen LogP contribution in [-0.2, 0) is 35.2 Å². The molecule has 0 aromatic heterocycles. The van der Waals surface area contributed by atoms with Crippen LogP contribution in [0.5, 0.6) is 0 Å². The maximum atomic E-state index is 12.9. The van der Waals surface area contributed by atoms with Crippen LogP contribution in [0.1, 0.15) is 37.7 Å². The normalized spacial score (nSPS) is 13.5. The highest BCUT2D eigenvalue weighted by atomic mass is 16.4. The first-order valence-electron chi connectivity index (χ1n) is 12.2. The third-order valence-electron chi connectivity index (χ3n) is 5.49. The molecule has 1 aromatic carbocycles. The molecule has 0 bridgehead atoms. The second-order valence-corrected chi connectivity index (χ2v) is 8.80. The lowest BCUT2D eigenvalue weighted by molar-refractivity contribution is -0.143. The predicted molar refractivity (Wildman–Crippen MR) is 141 cm³/mol. The first kappa shape index (κ1) is 33.3. The van der Waals surface area contributed by atoms with Gasteiger partial charge in [0.15, 0.2) is 5.96 Å². The second-order valence-electron chi connectivity index (χ2n) is 8.80. The molecule has 1 aromatic rings.